The minimum atomic E-state index is -3.94. The fraction of sp³-hybridized carbons (Fsp3) is 0.481. The Balaban J connectivity index is 1.32. The highest BCUT2D eigenvalue weighted by molar-refractivity contribution is 7.92. The summed E-state index contributed by atoms with van der Waals surface area (Å²) in [5.74, 6) is 1.05. The van der Waals surface area contributed by atoms with Crippen molar-refractivity contribution in [3.05, 3.63) is 59.1 Å². The third-order valence-corrected chi connectivity index (χ3v) is 10.3. The quantitative estimate of drug-likeness (QED) is 0.434. The van der Waals surface area contributed by atoms with E-state index in [0.717, 1.165) is 19.3 Å². The number of rotatable bonds is 8. The number of halogens is 1. The number of Topliss-reactive ketones (excluding diaryl/α,β-unsaturated/α-hetero) is 1. The number of para-hydroxylation sites is 1. The van der Waals surface area contributed by atoms with Crippen LogP contribution in [-0.2, 0) is 19.6 Å². The van der Waals surface area contributed by atoms with Gasteiger partial charge in [-0.25, -0.2) is 13.2 Å². The van der Waals surface area contributed by atoms with E-state index in [0.29, 0.717) is 23.4 Å². The molecule has 0 unspecified atom stereocenters. The molecule has 4 aliphatic carbocycles. The van der Waals surface area contributed by atoms with Crippen LogP contribution in [-0.4, -0.2) is 33.3 Å². The molecule has 2 aromatic carbocycles. The lowest BCUT2D eigenvalue weighted by Crippen LogP contribution is -2.51. The summed E-state index contributed by atoms with van der Waals surface area (Å²) in [4.78, 5) is 26.1. The zero-order valence-corrected chi connectivity index (χ0v) is 21.4. The lowest BCUT2D eigenvalue weighted by Gasteiger charge is -2.55. The number of esters is 1. The van der Waals surface area contributed by atoms with Crippen molar-refractivity contribution in [3.8, 4) is 0 Å². The van der Waals surface area contributed by atoms with Crippen LogP contribution in [0.1, 0.15) is 55.8 Å². The van der Waals surface area contributed by atoms with Gasteiger partial charge in [0.05, 0.1) is 21.2 Å². The number of nitrogens with zero attached hydrogens (tertiary/aromatic N) is 1. The van der Waals surface area contributed by atoms with Gasteiger partial charge in [0.2, 0.25) is 0 Å². The molecule has 6 nitrogen and oxygen atoms in total. The van der Waals surface area contributed by atoms with Gasteiger partial charge in [0.1, 0.15) is 0 Å². The van der Waals surface area contributed by atoms with E-state index >= 15 is 0 Å². The zero-order chi connectivity index (χ0) is 24.8. The van der Waals surface area contributed by atoms with Crippen molar-refractivity contribution in [1.82, 2.24) is 0 Å². The molecule has 0 radical (unpaired) electrons. The first-order chi connectivity index (χ1) is 16.7. The van der Waals surface area contributed by atoms with Crippen molar-refractivity contribution in [3.63, 3.8) is 0 Å². The largest absolute Gasteiger partial charge is 0.454 e. The molecule has 0 aliphatic heterocycles. The van der Waals surface area contributed by atoms with Crippen molar-refractivity contribution < 1.29 is 22.7 Å². The number of benzene rings is 2. The second-order valence-corrected chi connectivity index (χ2v) is 12.6. The fourth-order valence-electron chi connectivity index (χ4n) is 6.85. The van der Waals surface area contributed by atoms with E-state index in [9.17, 15) is 18.0 Å². The van der Waals surface area contributed by atoms with Crippen molar-refractivity contribution in [2.45, 2.75) is 50.3 Å². The Morgan fingerprint density at radius 2 is 1.60 bits per heavy atom. The van der Waals surface area contributed by atoms with Crippen molar-refractivity contribution in [2.75, 3.05) is 17.5 Å². The summed E-state index contributed by atoms with van der Waals surface area (Å²) in [5.41, 5.74) is 0.104. The molecule has 8 heteroatoms. The maximum atomic E-state index is 13.4. The van der Waals surface area contributed by atoms with Crippen molar-refractivity contribution in [1.29, 1.82) is 0 Å². The van der Waals surface area contributed by atoms with Gasteiger partial charge in [0.15, 0.2) is 12.4 Å². The standard InChI is InChI=1S/C27H30ClNO5S/c1-2-29(21-6-4-3-5-7-21)35(32,33)22-8-9-24(28)23(13-22)26(31)34-17-25(30)27-14-18-10-19(15-27)12-20(11-18)16-27/h3-9,13,18-20H,2,10-12,14-17H2,1H3. The lowest BCUT2D eigenvalue weighted by atomic mass is 9.48. The summed E-state index contributed by atoms with van der Waals surface area (Å²) in [6, 6.07) is 12.7. The van der Waals surface area contributed by atoms with Crippen molar-refractivity contribution in [2.24, 2.45) is 23.2 Å². The molecule has 186 valence electrons. The Hall–Kier alpha value is -2.38. The van der Waals surface area contributed by atoms with Gasteiger partial charge in [-0.2, -0.15) is 0 Å². The Labute approximate surface area is 211 Å². The number of hydrogen-bond acceptors (Lipinski definition) is 5. The molecular weight excluding hydrogens is 486 g/mol. The van der Waals surface area contributed by atoms with Gasteiger partial charge in [0.25, 0.3) is 10.0 Å². The highest BCUT2D eigenvalue weighted by atomic mass is 35.5. The van der Waals surface area contributed by atoms with Crippen molar-refractivity contribution >= 4 is 39.1 Å². The molecule has 35 heavy (non-hydrogen) atoms. The summed E-state index contributed by atoms with van der Waals surface area (Å²) < 4.78 is 33.4. The number of ketones is 1. The number of sulfonamides is 1. The number of hydrogen-bond donors (Lipinski definition) is 0. The average molecular weight is 516 g/mol. The predicted molar refractivity (Wildman–Crippen MR) is 134 cm³/mol. The van der Waals surface area contributed by atoms with Gasteiger partial charge >= 0.3 is 5.97 Å². The number of ether oxygens (including phenoxy) is 1. The Morgan fingerprint density at radius 3 is 2.17 bits per heavy atom. The van der Waals surface area contributed by atoms with E-state index in [-0.39, 0.29) is 39.8 Å². The molecular formula is C27H30ClNO5S. The summed E-state index contributed by atoms with van der Waals surface area (Å²) in [7, 11) is -3.94. The second kappa shape index (κ2) is 9.25. The molecule has 4 saturated carbocycles. The monoisotopic (exact) mass is 515 g/mol. The second-order valence-electron chi connectivity index (χ2n) is 10.3. The van der Waals surface area contributed by atoms with E-state index in [1.54, 1.807) is 31.2 Å². The summed E-state index contributed by atoms with van der Waals surface area (Å²) >= 11 is 6.25. The van der Waals surface area contributed by atoms with Crippen LogP contribution >= 0.6 is 11.6 Å². The molecule has 0 aromatic heterocycles. The van der Waals surface area contributed by atoms with Crippen LogP contribution < -0.4 is 4.31 Å². The van der Waals surface area contributed by atoms with Crippen LogP contribution in [0.5, 0.6) is 0 Å². The molecule has 0 heterocycles. The van der Waals surface area contributed by atoms with Gasteiger partial charge in [-0.1, -0.05) is 29.8 Å². The SMILES string of the molecule is CCN(c1ccccc1)S(=O)(=O)c1ccc(Cl)c(C(=O)OCC(=O)C23CC4CC(CC(C4)C2)C3)c1. The Bertz CT molecular complexity index is 1210. The predicted octanol–water partition coefficient (Wildman–Crippen LogP) is 5.50. The first-order valence-corrected chi connectivity index (χ1v) is 14.1. The molecule has 0 saturated heterocycles. The molecule has 4 aliphatic rings. The number of carbonyl (C=O) groups is 2. The summed E-state index contributed by atoms with van der Waals surface area (Å²) in [6.45, 7) is 1.66. The smallest absolute Gasteiger partial charge is 0.340 e. The molecule has 4 fully saturated rings. The first kappa shape index (κ1) is 24.3. The van der Waals surface area contributed by atoms with E-state index in [1.165, 1.54) is 41.8 Å². The molecule has 6 rings (SSSR count). The third-order valence-electron chi connectivity index (χ3n) is 8.04. The Morgan fingerprint density at radius 1 is 1.00 bits per heavy atom. The van der Waals surface area contributed by atoms with Gasteiger partial charge in [-0.15, -0.1) is 0 Å². The van der Waals surface area contributed by atoms with Crippen LogP contribution in [0.4, 0.5) is 5.69 Å². The molecule has 0 amide bonds. The van der Waals surface area contributed by atoms with Crippen LogP contribution in [0, 0.1) is 23.2 Å². The molecule has 4 bridgehead atoms. The fourth-order valence-corrected chi connectivity index (χ4v) is 8.54. The summed E-state index contributed by atoms with van der Waals surface area (Å²) in [5, 5.41) is 0.0824. The van der Waals surface area contributed by atoms with Crippen LogP contribution in [0.2, 0.25) is 5.02 Å². The van der Waals surface area contributed by atoms with E-state index in [2.05, 4.69) is 0 Å². The molecule has 0 spiro atoms. The first-order valence-electron chi connectivity index (χ1n) is 12.3. The Kier molecular flexibility index (Phi) is 6.43. The maximum absolute atomic E-state index is 13.4. The molecule has 0 N–H and O–H groups in total. The molecule has 0 atom stereocenters. The third kappa shape index (κ3) is 4.49. The van der Waals surface area contributed by atoms with E-state index in [1.807, 2.05) is 6.07 Å². The van der Waals surface area contributed by atoms with E-state index < -0.39 is 16.0 Å². The maximum Gasteiger partial charge on any atom is 0.340 e. The lowest BCUT2D eigenvalue weighted by molar-refractivity contribution is -0.147. The van der Waals surface area contributed by atoms with E-state index in [4.69, 9.17) is 16.3 Å². The van der Waals surface area contributed by atoms with Crippen LogP contribution in [0.3, 0.4) is 0 Å². The summed E-state index contributed by atoms with van der Waals surface area (Å²) in [6.07, 6.45) is 6.37. The molecule has 2 aromatic rings. The van der Waals surface area contributed by atoms with Gasteiger partial charge in [0, 0.05) is 12.0 Å². The highest BCUT2D eigenvalue weighted by Gasteiger charge is 2.54. The minimum absolute atomic E-state index is 0.00826. The number of carbonyl (C=O) groups excluding carboxylic acids is 2. The highest BCUT2D eigenvalue weighted by Crippen LogP contribution is 2.60. The van der Waals surface area contributed by atoms with Gasteiger partial charge < -0.3 is 4.74 Å². The zero-order valence-electron chi connectivity index (χ0n) is 19.8. The van der Waals surface area contributed by atoms with Crippen LogP contribution in [0.25, 0.3) is 0 Å². The van der Waals surface area contributed by atoms with Crippen LogP contribution in [0.15, 0.2) is 53.4 Å². The average Bonchev–Trinajstić information content (AvgIpc) is 2.82. The van der Waals surface area contributed by atoms with Gasteiger partial charge in [-0.05, 0) is 93.5 Å². The van der Waals surface area contributed by atoms with Gasteiger partial charge in [-0.3, -0.25) is 9.10 Å². The minimum Gasteiger partial charge on any atom is -0.454 e. The topological polar surface area (TPSA) is 80.8 Å². The normalized spacial score (nSPS) is 27.0. The number of anilines is 1.